The zero-order valence-electron chi connectivity index (χ0n) is 14.0. The summed E-state index contributed by atoms with van der Waals surface area (Å²) in [6.45, 7) is 1.07. The number of rotatable bonds is 9. The summed E-state index contributed by atoms with van der Waals surface area (Å²) >= 11 is 7.61. The number of carboxylic acids is 1. The second-order valence-electron chi connectivity index (χ2n) is 5.27. The molecule has 1 aromatic rings. The fourth-order valence-corrected chi connectivity index (χ4v) is 4.23. The van der Waals surface area contributed by atoms with Gasteiger partial charge in [-0.1, -0.05) is 17.8 Å². The molecule has 0 aliphatic carbocycles. The quantitative estimate of drug-likeness (QED) is 0.145. The molecule has 1 aliphatic heterocycles. The Hall–Kier alpha value is -1.98. The zero-order valence-corrected chi connectivity index (χ0v) is 16.4. The lowest BCUT2D eigenvalue weighted by Crippen LogP contribution is -2.69. The molecule has 0 aromatic carbocycles. The van der Waals surface area contributed by atoms with Gasteiger partial charge in [-0.3, -0.25) is 18.7 Å². The number of alkyl halides is 1. The molecule has 0 spiro atoms. The van der Waals surface area contributed by atoms with Crippen molar-refractivity contribution in [2.75, 3.05) is 11.6 Å². The van der Waals surface area contributed by atoms with E-state index < -0.39 is 35.4 Å². The van der Waals surface area contributed by atoms with E-state index in [4.69, 9.17) is 16.7 Å². The highest BCUT2D eigenvalue weighted by atomic mass is 35.5. The number of carbonyl (C=O) groups excluding carboxylic acids is 3. The number of aromatic nitrogens is 1. The monoisotopic (exact) mass is 433 g/mol. The molecule has 1 saturated heterocycles. The van der Waals surface area contributed by atoms with E-state index in [-0.39, 0.29) is 17.5 Å². The van der Waals surface area contributed by atoms with E-state index in [1.54, 1.807) is 24.4 Å². The Morgan fingerprint density at radius 2 is 2.19 bits per heavy atom. The SMILES string of the molecule is CC(=O)OC(SN1C(=O)C(NC(=O)CSc2ccccn2)C1CCl)C(=O)O. The Labute approximate surface area is 168 Å². The number of thioether (sulfide) groups is 1. The Morgan fingerprint density at radius 1 is 1.44 bits per heavy atom. The molecule has 0 bridgehead atoms. The van der Waals surface area contributed by atoms with E-state index in [1.807, 2.05) is 0 Å². The standard InChI is InChI=1S/C15H16ClN3O6S2/c1-8(20)25-15(14(23)24)27-19-9(6-16)12(13(19)22)18-10(21)7-26-11-4-2-3-5-17-11/h2-5,9,12,15H,6-7H2,1H3,(H,18,21)(H,23,24). The van der Waals surface area contributed by atoms with Crippen LogP contribution in [0.3, 0.4) is 0 Å². The van der Waals surface area contributed by atoms with Crippen molar-refractivity contribution >= 4 is 59.1 Å². The molecule has 2 N–H and O–H groups in total. The Kier molecular flexibility index (Phi) is 7.75. The van der Waals surface area contributed by atoms with Crippen LogP contribution in [0, 0.1) is 0 Å². The summed E-state index contributed by atoms with van der Waals surface area (Å²) in [5.41, 5.74) is -1.58. The maximum absolute atomic E-state index is 12.3. The smallest absolute Gasteiger partial charge is 0.357 e. The van der Waals surface area contributed by atoms with Crippen LogP contribution >= 0.6 is 35.3 Å². The average molecular weight is 434 g/mol. The summed E-state index contributed by atoms with van der Waals surface area (Å²) in [7, 11) is 0. The predicted octanol–water partition coefficient (Wildman–Crippen LogP) is 0.730. The Morgan fingerprint density at radius 3 is 2.74 bits per heavy atom. The van der Waals surface area contributed by atoms with Crippen LogP contribution in [0.15, 0.2) is 29.4 Å². The molecule has 1 aliphatic rings. The molecule has 9 nitrogen and oxygen atoms in total. The normalized spacial score (nSPS) is 19.8. The highest BCUT2D eigenvalue weighted by Gasteiger charge is 2.50. The van der Waals surface area contributed by atoms with Crippen molar-refractivity contribution in [2.45, 2.75) is 29.5 Å². The van der Waals surface area contributed by atoms with Crippen molar-refractivity contribution in [1.29, 1.82) is 0 Å². The number of nitrogens with one attached hydrogen (secondary N) is 1. The molecule has 3 atom stereocenters. The second kappa shape index (κ2) is 9.81. The van der Waals surface area contributed by atoms with Crippen LogP contribution in [0.5, 0.6) is 0 Å². The summed E-state index contributed by atoms with van der Waals surface area (Å²) in [4.78, 5) is 50.5. The van der Waals surface area contributed by atoms with Gasteiger partial charge < -0.3 is 15.2 Å². The first kappa shape index (κ1) is 21.3. The van der Waals surface area contributed by atoms with Gasteiger partial charge in [-0.05, 0) is 12.1 Å². The predicted molar refractivity (Wildman–Crippen MR) is 99.0 cm³/mol. The molecule has 146 valence electrons. The van der Waals surface area contributed by atoms with E-state index in [2.05, 4.69) is 15.0 Å². The van der Waals surface area contributed by atoms with Gasteiger partial charge in [-0.25, -0.2) is 9.78 Å². The lowest BCUT2D eigenvalue weighted by Gasteiger charge is -2.45. The van der Waals surface area contributed by atoms with Crippen LogP contribution in [0.1, 0.15) is 6.92 Å². The van der Waals surface area contributed by atoms with E-state index in [1.165, 1.54) is 11.8 Å². The molecule has 3 unspecified atom stereocenters. The number of hydrogen-bond donors (Lipinski definition) is 2. The minimum Gasteiger partial charge on any atom is -0.478 e. The number of esters is 1. The van der Waals surface area contributed by atoms with Crippen LogP contribution in [-0.4, -0.2) is 67.3 Å². The first-order valence-electron chi connectivity index (χ1n) is 7.62. The number of amides is 2. The molecule has 2 rings (SSSR count). The highest BCUT2D eigenvalue weighted by molar-refractivity contribution is 8.00. The maximum Gasteiger partial charge on any atom is 0.357 e. The number of hydrogen-bond acceptors (Lipinski definition) is 8. The van der Waals surface area contributed by atoms with Crippen LogP contribution in [-0.2, 0) is 23.9 Å². The summed E-state index contributed by atoms with van der Waals surface area (Å²) < 4.78 is 5.76. The lowest BCUT2D eigenvalue weighted by molar-refractivity contribution is -0.156. The van der Waals surface area contributed by atoms with Crippen molar-refractivity contribution in [3.8, 4) is 0 Å². The molecule has 1 fully saturated rings. The van der Waals surface area contributed by atoms with Crippen molar-refractivity contribution in [1.82, 2.24) is 14.6 Å². The average Bonchev–Trinajstić information content (AvgIpc) is 2.64. The Balaban J connectivity index is 1.89. The molecule has 12 heteroatoms. The van der Waals surface area contributed by atoms with Gasteiger partial charge in [0.2, 0.25) is 5.91 Å². The van der Waals surface area contributed by atoms with Crippen molar-refractivity contribution < 1.29 is 29.0 Å². The van der Waals surface area contributed by atoms with Crippen molar-refractivity contribution in [3.05, 3.63) is 24.4 Å². The Bertz CT molecular complexity index is 723. The molecule has 1 aromatic heterocycles. The number of ether oxygens (including phenoxy) is 1. The van der Waals surface area contributed by atoms with Gasteiger partial charge in [0.15, 0.2) is 0 Å². The zero-order chi connectivity index (χ0) is 20.0. The first-order valence-corrected chi connectivity index (χ1v) is 9.98. The maximum atomic E-state index is 12.3. The van der Waals surface area contributed by atoms with Crippen LogP contribution in [0.2, 0.25) is 0 Å². The first-order chi connectivity index (χ1) is 12.8. The summed E-state index contributed by atoms with van der Waals surface area (Å²) in [6, 6.07) is 3.83. The number of β-lactam (4-membered cyclic amide) rings is 1. The molecule has 0 radical (unpaired) electrons. The van der Waals surface area contributed by atoms with Crippen molar-refractivity contribution in [3.63, 3.8) is 0 Å². The topological polar surface area (TPSA) is 126 Å². The number of nitrogens with zero attached hydrogens (tertiary/aromatic N) is 2. The van der Waals surface area contributed by atoms with E-state index in [0.29, 0.717) is 17.0 Å². The third-order valence-corrected chi connectivity index (χ3v) is 5.74. The van der Waals surface area contributed by atoms with Crippen LogP contribution in [0.25, 0.3) is 0 Å². The largest absolute Gasteiger partial charge is 0.478 e. The van der Waals surface area contributed by atoms with Gasteiger partial charge in [-0.15, -0.1) is 11.6 Å². The molecule has 0 saturated carbocycles. The molecule has 2 heterocycles. The lowest BCUT2D eigenvalue weighted by atomic mass is 10.0. The molecular formula is C15H16ClN3O6S2. The van der Waals surface area contributed by atoms with Crippen LogP contribution in [0.4, 0.5) is 0 Å². The number of pyridine rings is 1. The van der Waals surface area contributed by atoms with Crippen LogP contribution < -0.4 is 5.32 Å². The second-order valence-corrected chi connectivity index (χ2v) is 7.61. The van der Waals surface area contributed by atoms with E-state index >= 15 is 0 Å². The van der Waals surface area contributed by atoms with Gasteiger partial charge in [0.1, 0.15) is 6.04 Å². The minimum absolute atomic E-state index is 0.0243. The highest BCUT2D eigenvalue weighted by Crippen LogP contribution is 2.33. The number of carbonyl (C=O) groups is 4. The van der Waals surface area contributed by atoms with Gasteiger partial charge >= 0.3 is 11.9 Å². The van der Waals surface area contributed by atoms with E-state index in [9.17, 15) is 19.2 Å². The third-order valence-electron chi connectivity index (χ3n) is 3.32. The molecular weight excluding hydrogens is 418 g/mol. The van der Waals surface area contributed by atoms with Gasteiger partial charge in [0.25, 0.3) is 11.3 Å². The molecule has 27 heavy (non-hydrogen) atoms. The number of carboxylic acid groups (broad SMARTS) is 1. The van der Waals surface area contributed by atoms with Gasteiger partial charge in [-0.2, -0.15) is 0 Å². The summed E-state index contributed by atoms with van der Waals surface area (Å²) in [5, 5.41) is 12.3. The van der Waals surface area contributed by atoms with E-state index in [0.717, 1.165) is 11.2 Å². The number of aliphatic carboxylic acids is 1. The third kappa shape index (κ3) is 5.75. The fourth-order valence-electron chi connectivity index (χ4n) is 2.12. The minimum atomic E-state index is -1.58. The van der Waals surface area contributed by atoms with Crippen molar-refractivity contribution in [2.24, 2.45) is 0 Å². The number of halogens is 1. The fraction of sp³-hybridized carbons (Fsp3) is 0.400. The molecule has 2 amide bonds. The summed E-state index contributed by atoms with van der Waals surface area (Å²) in [5.74, 6) is -3.05. The summed E-state index contributed by atoms with van der Waals surface area (Å²) in [6.07, 6.45) is 1.61. The van der Waals surface area contributed by atoms with Gasteiger partial charge in [0.05, 0.1) is 16.8 Å². The van der Waals surface area contributed by atoms with Gasteiger partial charge in [0, 0.05) is 30.9 Å².